The number of benzene rings is 1. The maximum Gasteiger partial charge on any atom is 0.416 e. The van der Waals surface area contributed by atoms with E-state index in [-0.39, 0.29) is 109 Å². The van der Waals surface area contributed by atoms with E-state index in [0.717, 1.165) is 24.1 Å². The number of amides is 5. The molecule has 4 fully saturated rings. The van der Waals surface area contributed by atoms with Crippen molar-refractivity contribution in [2.24, 2.45) is 11.8 Å². The minimum Gasteiger partial charge on any atom is -0.379 e. The van der Waals surface area contributed by atoms with E-state index in [2.05, 4.69) is 62.0 Å². The molecule has 0 unspecified atom stereocenters. The van der Waals surface area contributed by atoms with E-state index in [9.17, 15) is 37.1 Å². The molecule has 69 heavy (non-hydrogen) atoms. The topological polar surface area (TPSA) is 210 Å². The molecule has 2 saturated carbocycles. The molecule has 3 aromatic rings. The number of aromatic nitrogens is 3. The van der Waals surface area contributed by atoms with Crippen molar-refractivity contribution in [2.75, 3.05) is 72.1 Å². The van der Waals surface area contributed by atoms with Crippen LogP contribution < -0.4 is 21.3 Å². The number of pyridine rings is 1. The van der Waals surface area contributed by atoms with Crippen molar-refractivity contribution in [1.29, 1.82) is 0 Å². The minimum absolute atomic E-state index is 0.0891. The molecule has 0 radical (unpaired) electrons. The fraction of sp³-hybridized carbons (Fsp3) is 0.625. The van der Waals surface area contributed by atoms with Crippen molar-refractivity contribution < 1.29 is 51.4 Å². The zero-order valence-electron chi connectivity index (χ0n) is 39.7. The van der Waals surface area contributed by atoms with Crippen LogP contribution in [0.15, 0.2) is 49.1 Å². The lowest BCUT2D eigenvalue weighted by Gasteiger charge is -2.45. The van der Waals surface area contributed by atoms with E-state index >= 15 is 0 Å². The molecule has 4 heterocycles. The number of anilines is 1. The van der Waals surface area contributed by atoms with Crippen molar-refractivity contribution >= 4 is 46.3 Å². The maximum absolute atomic E-state index is 14.0. The summed E-state index contributed by atoms with van der Waals surface area (Å²) in [5, 5.41) is 12.4. The van der Waals surface area contributed by atoms with Gasteiger partial charge in [-0.2, -0.15) is 13.2 Å². The Balaban J connectivity index is 0.772. The lowest BCUT2D eigenvalue weighted by atomic mass is 9.78. The first kappa shape index (κ1) is 51.3. The van der Waals surface area contributed by atoms with Gasteiger partial charge in [0.2, 0.25) is 29.5 Å². The average molecular weight is 967 g/mol. The Kier molecular flexibility index (Phi) is 17.4. The lowest BCUT2D eigenvalue weighted by Crippen LogP contribution is -2.60. The number of nitrogens with zero attached hydrogens (tertiary/aromatic N) is 6. The normalized spacial score (nSPS) is 25.1. The van der Waals surface area contributed by atoms with Crippen molar-refractivity contribution in [2.45, 2.75) is 114 Å². The summed E-state index contributed by atoms with van der Waals surface area (Å²) in [5.41, 5.74) is 0.310. The second-order valence-electron chi connectivity index (χ2n) is 18.7. The molecule has 376 valence electrons. The van der Waals surface area contributed by atoms with Gasteiger partial charge in [-0.3, -0.25) is 29.0 Å². The van der Waals surface area contributed by atoms with Gasteiger partial charge >= 0.3 is 6.18 Å². The number of alkyl halides is 3. The first-order chi connectivity index (χ1) is 33.1. The first-order valence-electron chi connectivity index (χ1n) is 24.0. The van der Waals surface area contributed by atoms with Gasteiger partial charge in [0.15, 0.2) is 0 Å². The summed E-state index contributed by atoms with van der Waals surface area (Å²) in [6, 6.07) is 5.57. The van der Waals surface area contributed by atoms with E-state index in [1.807, 2.05) is 6.07 Å². The van der Waals surface area contributed by atoms with Gasteiger partial charge in [0.1, 0.15) is 18.2 Å². The molecule has 0 bridgehead atoms. The zero-order valence-corrected chi connectivity index (χ0v) is 39.7. The molecular formula is C48H65F3N10O8. The van der Waals surface area contributed by atoms with Crippen molar-refractivity contribution in [1.82, 2.24) is 45.6 Å². The van der Waals surface area contributed by atoms with E-state index in [4.69, 9.17) is 14.2 Å². The summed E-state index contributed by atoms with van der Waals surface area (Å²) in [6.07, 6.45) is 3.89. The Hall–Kier alpha value is -5.51. The number of nitrogens with one attached hydrogen (secondary N) is 4. The third kappa shape index (κ3) is 13.0. The molecule has 21 heteroatoms. The summed E-state index contributed by atoms with van der Waals surface area (Å²) in [7, 11) is 3.76. The van der Waals surface area contributed by atoms with E-state index in [1.54, 1.807) is 35.3 Å². The smallest absolute Gasteiger partial charge is 0.379 e. The SMILES string of the molecule is CC(C)N(C)[C@@H]1CC[C@H](N2CC[C@@H](Nc3ncnc4ccc(C(F)(F)F)cc34)C2=O)[C@H](NC(=O)C2CC(NC(=O)CCOCCOCCOCCNC(=O)[C@H]3CC(=O)N(C)[C@@H]3c3cccnc3)C2)C1. The molecule has 18 nitrogen and oxygen atoms in total. The van der Waals surface area contributed by atoms with Crippen LogP contribution in [-0.4, -0.2) is 162 Å². The van der Waals surface area contributed by atoms with E-state index in [0.29, 0.717) is 77.1 Å². The Labute approximate surface area is 400 Å². The van der Waals surface area contributed by atoms with Crippen LogP contribution in [0.25, 0.3) is 10.9 Å². The second kappa shape index (κ2) is 23.4. The summed E-state index contributed by atoms with van der Waals surface area (Å²) >= 11 is 0. The number of fused-ring (bicyclic) bond motifs is 1. The van der Waals surface area contributed by atoms with Crippen LogP contribution in [0, 0.1) is 11.8 Å². The van der Waals surface area contributed by atoms with E-state index in [1.165, 1.54) is 12.4 Å². The lowest BCUT2D eigenvalue weighted by molar-refractivity contribution is -0.137. The van der Waals surface area contributed by atoms with Gasteiger partial charge < -0.3 is 50.2 Å². The van der Waals surface area contributed by atoms with Crippen LogP contribution in [-0.2, 0) is 44.4 Å². The third-order valence-corrected chi connectivity index (χ3v) is 14.0. The van der Waals surface area contributed by atoms with Crippen LogP contribution in [0.2, 0.25) is 0 Å². The van der Waals surface area contributed by atoms with Gasteiger partial charge in [-0.05, 0) is 89.2 Å². The second-order valence-corrected chi connectivity index (χ2v) is 18.7. The number of rotatable bonds is 22. The number of halogens is 3. The molecule has 2 aliphatic heterocycles. The van der Waals surface area contributed by atoms with Gasteiger partial charge in [-0.1, -0.05) is 6.07 Å². The Morgan fingerprint density at radius 3 is 2.36 bits per heavy atom. The van der Waals surface area contributed by atoms with Gasteiger partial charge in [-0.15, -0.1) is 0 Å². The highest BCUT2D eigenvalue weighted by atomic mass is 19.4. The largest absolute Gasteiger partial charge is 0.416 e. The van der Waals surface area contributed by atoms with Crippen molar-refractivity contribution in [3.63, 3.8) is 0 Å². The first-order valence-corrected chi connectivity index (χ1v) is 24.0. The summed E-state index contributed by atoms with van der Waals surface area (Å²) in [5.74, 6) is -1.41. The van der Waals surface area contributed by atoms with Crippen molar-refractivity contribution in [3.8, 4) is 0 Å². The zero-order chi connectivity index (χ0) is 49.2. The Morgan fingerprint density at radius 2 is 1.65 bits per heavy atom. The number of ether oxygens (including phenoxy) is 3. The molecule has 2 aliphatic carbocycles. The minimum atomic E-state index is -4.55. The Bertz CT molecular complexity index is 2250. The number of carbonyl (C=O) groups excluding carboxylic acids is 5. The highest BCUT2D eigenvalue weighted by Crippen LogP contribution is 2.38. The molecular weight excluding hydrogens is 902 g/mol. The van der Waals surface area contributed by atoms with Crippen LogP contribution in [0.1, 0.15) is 82.4 Å². The number of carbonyl (C=O) groups is 5. The van der Waals surface area contributed by atoms with E-state index < -0.39 is 23.7 Å². The average Bonchev–Trinajstić information content (AvgIpc) is 3.83. The van der Waals surface area contributed by atoms with Crippen LogP contribution >= 0.6 is 0 Å². The fourth-order valence-corrected chi connectivity index (χ4v) is 9.88. The van der Waals surface area contributed by atoms with Gasteiger partial charge in [-0.25, -0.2) is 9.97 Å². The molecule has 2 aromatic heterocycles. The molecule has 4 aliphatic rings. The summed E-state index contributed by atoms with van der Waals surface area (Å²) in [6.45, 7) is 6.70. The molecule has 6 atom stereocenters. The van der Waals surface area contributed by atoms with Gasteiger partial charge in [0.25, 0.3) is 0 Å². The fourth-order valence-electron chi connectivity index (χ4n) is 9.88. The molecule has 0 spiro atoms. The number of hydrogen-bond donors (Lipinski definition) is 4. The molecule has 1 aromatic carbocycles. The molecule has 7 rings (SSSR count). The predicted molar refractivity (Wildman–Crippen MR) is 247 cm³/mol. The molecule has 2 saturated heterocycles. The number of hydrogen-bond acceptors (Lipinski definition) is 13. The highest BCUT2D eigenvalue weighted by molar-refractivity contribution is 5.93. The standard InChI is InChI=1S/C48H65F3N10O8/c1-29(2)59(3)34-8-10-40(61-15-11-38(47(61)66)57-44-35-24-32(48(49,50)51)7-9-37(35)54-28-55-44)39(25-34)58-45(64)31-22-33(23-31)56-41(62)12-16-67-18-20-69-21-19-68-17-14-53-46(65)36-26-42(63)60(4)43(36)30-6-5-13-52-27-30/h5-7,9,13,24,27-29,31,33-34,36,38-40,43H,8,10-12,14-23,25-26H2,1-4H3,(H,53,65)(H,56,62)(H,58,64)(H,54,55,57)/t31?,33?,34-,36+,38-,39-,40+,43-/m1/s1. The maximum atomic E-state index is 14.0. The van der Waals surface area contributed by atoms with Gasteiger partial charge in [0.05, 0.1) is 74.8 Å². The quantitative estimate of drug-likeness (QED) is 0.107. The molecule has 5 amide bonds. The molecule has 4 N–H and O–H groups in total. The number of likely N-dealkylation sites (tertiary alicyclic amines) is 2. The van der Waals surface area contributed by atoms with Crippen molar-refractivity contribution in [3.05, 3.63) is 60.2 Å². The third-order valence-electron chi connectivity index (χ3n) is 14.0. The van der Waals surface area contributed by atoms with Crippen LogP contribution in [0.3, 0.4) is 0 Å². The van der Waals surface area contributed by atoms with Gasteiger partial charge in [0, 0.05) is 74.8 Å². The highest BCUT2D eigenvalue weighted by Gasteiger charge is 2.46. The van der Waals surface area contributed by atoms with Crippen LogP contribution in [0.5, 0.6) is 0 Å². The summed E-state index contributed by atoms with van der Waals surface area (Å²) < 4.78 is 57.4. The predicted octanol–water partition coefficient (Wildman–Crippen LogP) is 3.47. The monoisotopic (exact) mass is 966 g/mol. The summed E-state index contributed by atoms with van der Waals surface area (Å²) in [4.78, 5) is 83.8. The Morgan fingerprint density at radius 1 is 0.913 bits per heavy atom. The van der Waals surface area contributed by atoms with Crippen LogP contribution in [0.4, 0.5) is 19.0 Å².